The van der Waals surface area contributed by atoms with Crippen LogP contribution in [0.4, 0.5) is 0 Å². The van der Waals surface area contributed by atoms with Crippen LogP contribution in [-0.2, 0) is 34.1 Å². The van der Waals surface area contributed by atoms with Gasteiger partial charge in [-0.2, -0.15) is 0 Å². The van der Waals surface area contributed by atoms with E-state index in [4.69, 9.17) is 42.4 Å². The van der Waals surface area contributed by atoms with Gasteiger partial charge < -0.3 is 25.2 Å². The zero-order valence-corrected chi connectivity index (χ0v) is 35.9. The first kappa shape index (κ1) is 58.0. The van der Waals surface area contributed by atoms with Gasteiger partial charge in [-0.3, -0.25) is 20.0 Å². The van der Waals surface area contributed by atoms with Crippen molar-refractivity contribution in [3.8, 4) is 11.5 Å². The number of carbonyl (C=O) groups is 1. The van der Waals surface area contributed by atoms with Crippen molar-refractivity contribution < 1.29 is 117 Å². The van der Waals surface area contributed by atoms with E-state index in [0.29, 0.717) is 48.4 Å². The number of aliphatic hydroxyl groups is 1. The Morgan fingerprint density at radius 1 is 0.579 bits per heavy atom. The maximum absolute atomic E-state index is 12.9. The third kappa shape index (κ3) is 28.7. The predicted molar refractivity (Wildman–Crippen MR) is 178 cm³/mol. The van der Waals surface area contributed by atoms with Crippen LogP contribution in [0.3, 0.4) is 0 Å². The van der Waals surface area contributed by atoms with Crippen LogP contribution in [0.25, 0.3) is 0 Å². The molecule has 0 saturated heterocycles. The third-order valence-electron chi connectivity index (χ3n) is 6.59. The zero-order valence-electron chi connectivity index (χ0n) is 32.0. The van der Waals surface area contributed by atoms with E-state index in [1.165, 1.54) is 12.1 Å². The Balaban J connectivity index is -0.00000104. The van der Waals surface area contributed by atoms with E-state index in [1.54, 1.807) is 43.1 Å². The molecule has 3 aromatic rings. The molecule has 1 aliphatic heterocycles. The first-order valence-corrected chi connectivity index (χ1v) is 18.3. The number of benzene rings is 3. The summed E-state index contributed by atoms with van der Waals surface area (Å²) in [4.78, 5) is 28.3. The molecule has 0 unspecified atom stereocenters. The molecule has 0 fully saturated rings. The monoisotopic (exact) mass is 919 g/mol. The first-order chi connectivity index (χ1) is 25.3. The fourth-order valence-electron chi connectivity index (χ4n) is 4.28. The summed E-state index contributed by atoms with van der Waals surface area (Å²) in [5.41, 5.74) is 3.97. The maximum Gasteiger partial charge on any atom is 3.00 e. The van der Waals surface area contributed by atoms with Crippen molar-refractivity contribution in [2.75, 3.05) is 33.3 Å². The molecule has 0 aliphatic carbocycles. The second kappa shape index (κ2) is 27.4. The Morgan fingerprint density at radius 2 is 0.807 bits per heavy atom. The largest absolute Gasteiger partial charge is 3.00 e. The summed E-state index contributed by atoms with van der Waals surface area (Å²) < 4.78 is 67.9. The smallest absolute Gasteiger partial charge is 0.872 e. The average Bonchev–Trinajstić information content (AvgIpc) is 3.04. The number of aliphatic hydroxyl groups excluding tert-OH is 1. The number of aromatic carboxylic acids is 1. The van der Waals surface area contributed by atoms with Crippen LogP contribution in [0.1, 0.15) is 71.4 Å². The molecule has 1 aliphatic rings. The number of hydrogen-bond acceptors (Lipinski definition) is 17. The molecule has 21 heteroatoms. The number of fused-ring (bicyclic) bond motifs is 4. The van der Waals surface area contributed by atoms with E-state index < -0.39 is 26.5 Å². The van der Waals surface area contributed by atoms with Gasteiger partial charge in [0.25, 0.3) is 0 Å². The quantitative estimate of drug-likeness (QED) is 0.223. The molecule has 3 aromatic carbocycles. The molecule has 4 bridgehead atoms. The van der Waals surface area contributed by atoms with Crippen molar-refractivity contribution in [3.05, 3.63) is 93.5 Å². The van der Waals surface area contributed by atoms with Crippen LogP contribution in [-0.4, -0.2) is 69.2 Å². The van der Waals surface area contributed by atoms with Gasteiger partial charge in [0.2, 0.25) is 0 Å². The number of nitrogens with zero attached hydrogens (tertiary/aromatic N) is 4. The fraction of sp³-hybridized carbons (Fsp3) is 0.361. The Morgan fingerprint density at radius 3 is 1.00 bits per heavy atom. The standard InChI is InChI=1S/C28H36N4O2.C7H6O2.CH4O.2ClHO4.2Mn/c1-19-7-21-11-29-15-27(3,4)17-31-13-23-9-20(2)10-24(26(23)34)14-32-18-28(5,6)16-30-12-22(8-19)25(21)33;8-7(9)6-4-2-1-3-5-6;1-2;2*2-1(3,4)5;;/h7-14,33-34H,15-18H2,1-6H3;1-5H,(H,8,9);2H,1H3;2*(H,2,3,4,5);;/q;;;;;+2;+3/p-5. The Labute approximate surface area is 357 Å². The van der Waals surface area contributed by atoms with Crippen LogP contribution < -0.4 is 52.6 Å². The van der Waals surface area contributed by atoms with Crippen molar-refractivity contribution in [3.63, 3.8) is 0 Å². The molecule has 0 spiro atoms. The van der Waals surface area contributed by atoms with Crippen LogP contribution in [0, 0.1) is 45.2 Å². The minimum atomic E-state index is -4.94. The number of rotatable bonds is 1. The molecular formula is C36H43Cl2Mn2N4O13. The molecule has 1 N–H and O–H groups in total. The molecule has 0 amide bonds. The third-order valence-corrected chi connectivity index (χ3v) is 6.59. The van der Waals surface area contributed by atoms with E-state index >= 15 is 0 Å². The van der Waals surface area contributed by atoms with Gasteiger partial charge in [-0.1, -0.05) is 93.8 Å². The van der Waals surface area contributed by atoms with Gasteiger partial charge in [-0.25, -0.2) is 37.3 Å². The Bertz CT molecular complexity index is 1570. The van der Waals surface area contributed by atoms with Crippen LogP contribution in [0.15, 0.2) is 74.6 Å². The molecule has 1 radical (unpaired) electrons. The van der Waals surface area contributed by atoms with Gasteiger partial charge >= 0.3 is 34.1 Å². The molecule has 1 heterocycles. The number of carboxylic acids is 1. The summed E-state index contributed by atoms with van der Waals surface area (Å²) in [6, 6.07) is 15.5. The minimum Gasteiger partial charge on any atom is -0.872 e. The molecule has 0 saturated carbocycles. The zero-order chi connectivity index (χ0) is 42.6. The SMILES string of the molecule is CO.Cc1cc2c([O-])c(c1)C=NCC(C)(C)CN=Cc1cc(C)cc(c1[O-])C=NCC(C)(C)CN=C2.O=C([O-])c1ccccc1.[Mn+2].[Mn+3].[O-][Cl+3]([O-])([O-])[O-].[O-][Cl+3]([O-])([O-])[O-]. The van der Waals surface area contributed by atoms with Crippen LogP contribution >= 0.6 is 0 Å². The van der Waals surface area contributed by atoms with E-state index in [1.807, 2.05) is 38.1 Å². The molecular weight excluding hydrogens is 877 g/mol. The second-order valence-electron chi connectivity index (χ2n) is 13.2. The van der Waals surface area contributed by atoms with Gasteiger partial charge in [0, 0.05) is 69.0 Å². The number of halogens is 2. The maximum atomic E-state index is 12.9. The molecule has 0 aromatic heterocycles. The predicted octanol–water partition coefficient (Wildman–Crippen LogP) is -5.97. The Kier molecular flexibility index (Phi) is 27.9. The number of hydrogen-bond donors (Lipinski definition) is 1. The molecule has 0 atom stereocenters. The topological polar surface area (TPSA) is 340 Å². The summed E-state index contributed by atoms with van der Waals surface area (Å²) in [6.45, 7) is 14.2. The molecule has 17 nitrogen and oxygen atoms in total. The minimum absolute atomic E-state index is 0. The van der Waals surface area contributed by atoms with Crippen LogP contribution in [0.2, 0.25) is 0 Å². The van der Waals surface area contributed by atoms with E-state index in [2.05, 4.69) is 47.7 Å². The number of carboxylic acid groups (broad SMARTS) is 1. The first-order valence-electron chi connectivity index (χ1n) is 15.8. The van der Waals surface area contributed by atoms with Crippen molar-refractivity contribution in [2.45, 2.75) is 41.5 Å². The van der Waals surface area contributed by atoms with Gasteiger partial charge in [-0.15, -0.1) is 20.5 Å². The van der Waals surface area contributed by atoms with Crippen molar-refractivity contribution >= 4 is 30.8 Å². The van der Waals surface area contributed by atoms with Gasteiger partial charge in [0.05, 0.1) is 5.97 Å². The normalized spacial score (nSPS) is 14.4. The molecule has 57 heavy (non-hydrogen) atoms. The van der Waals surface area contributed by atoms with Crippen molar-refractivity contribution in [1.29, 1.82) is 0 Å². The van der Waals surface area contributed by atoms with Crippen molar-refractivity contribution in [1.82, 2.24) is 0 Å². The van der Waals surface area contributed by atoms with E-state index in [9.17, 15) is 20.1 Å². The fourth-order valence-corrected chi connectivity index (χ4v) is 4.28. The summed E-state index contributed by atoms with van der Waals surface area (Å²) in [5.74, 6) is -1.28. The van der Waals surface area contributed by atoms with E-state index in [0.717, 1.165) is 18.2 Å². The van der Waals surface area contributed by atoms with Gasteiger partial charge in [0.1, 0.15) is 0 Å². The van der Waals surface area contributed by atoms with Crippen LogP contribution in [0.5, 0.6) is 11.5 Å². The number of aliphatic imine (C=N–C) groups is 4. The summed E-state index contributed by atoms with van der Waals surface area (Å²) >= 11 is 0. The Hall–Kier alpha value is -3.33. The molecule has 313 valence electrons. The molecule has 4 rings (SSSR count). The summed E-state index contributed by atoms with van der Waals surface area (Å²) in [6.07, 6.45) is 6.60. The second-order valence-corrected chi connectivity index (χ2v) is 14.7. The summed E-state index contributed by atoms with van der Waals surface area (Å²) in [5, 5.41) is 42.9. The average molecular weight is 921 g/mol. The van der Waals surface area contributed by atoms with E-state index in [-0.39, 0.29) is 62.0 Å². The van der Waals surface area contributed by atoms with Gasteiger partial charge in [-0.05, 0) is 52.8 Å². The van der Waals surface area contributed by atoms with Gasteiger partial charge in [0.15, 0.2) is 0 Å². The summed E-state index contributed by atoms with van der Waals surface area (Å²) in [7, 11) is -8.89. The number of aryl methyl sites for hydroxylation is 2. The van der Waals surface area contributed by atoms with Crippen molar-refractivity contribution in [2.24, 2.45) is 30.8 Å². The number of carbonyl (C=O) groups excluding carboxylic acids is 1.